The first kappa shape index (κ1) is 26.1. The number of pyridine rings is 1. The van der Waals surface area contributed by atoms with Gasteiger partial charge < -0.3 is 25.2 Å². The number of aromatic nitrogens is 3. The van der Waals surface area contributed by atoms with E-state index in [1.54, 1.807) is 43.8 Å². The number of carbonyl (C=O) groups is 1. The van der Waals surface area contributed by atoms with Crippen LogP contribution >= 0.6 is 0 Å². The largest absolute Gasteiger partial charge is 0.494 e. The summed E-state index contributed by atoms with van der Waals surface area (Å²) in [5.74, 6) is 0.176. The number of methoxy groups -OCH3 is 1. The number of carbonyl (C=O) groups excluding carboxylic acids is 1. The Morgan fingerprint density at radius 1 is 1.23 bits per heavy atom. The summed E-state index contributed by atoms with van der Waals surface area (Å²) in [6.07, 6.45) is 5.57. The van der Waals surface area contributed by atoms with Gasteiger partial charge in [0.15, 0.2) is 0 Å². The van der Waals surface area contributed by atoms with Gasteiger partial charge in [-0.25, -0.2) is 14.4 Å². The molecule has 5 rings (SSSR count). The summed E-state index contributed by atoms with van der Waals surface area (Å²) in [7, 11) is 5.70. The zero-order valence-electron chi connectivity index (χ0n) is 22.1. The fourth-order valence-corrected chi connectivity index (χ4v) is 4.82. The molecule has 200 valence electrons. The van der Waals surface area contributed by atoms with Gasteiger partial charge in [-0.15, -0.1) is 0 Å². The van der Waals surface area contributed by atoms with Crippen LogP contribution in [0.3, 0.4) is 0 Å². The van der Waals surface area contributed by atoms with Crippen LogP contribution in [-0.2, 0) is 4.79 Å². The second-order valence-corrected chi connectivity index (χ2v) is 9.51. The molecule has 1 aliphatic rings. The maximum Gasteiger partial charge on any atom is 0.247 e. The van der Waals surface area contributed by atoms with Gasteiger partial charge in [-0.2, -0.15) is 0 Å². The Balaban J connectivity index is 1.54. The first-order valence-electron chi connectivity index (χ1n) is 12.6. The summed E-state index contributed by atoms with van der Waals surface area (Å²) in [6.45, 7) is 5.51. The molecule has 0 aliphatic carbocycles. The summed E-state index contributed by atoms with van der Waals surface area (Å²) in [4.78, 5) is 30.4. The van der Waals surface area contributed by atoms with Crippen LogP contribution < -0.4 is 20.3 Å². The van der Waals surface area contributed by atoms with Crippen LogP contribution in [0.1, 0.15) is 6.42 Å². The smallest absolute Gasteiger partial charge is 0.247 e. The summed E-state index contributed by atoms with van der Waals surface area (Å²) in [5, 5.41) is 6.91. The van der Waals surface area contributed by atoms with Gasteiger partial charge in [0.2, 0.25) is 11.9 Å². The van der Waals surface area contributed by atoms with Crippen LogP contribution in [0.5, 0.6) is 5.75 Å². The van der Waals surface area contributed by atoms with Gasteiger partial charge in [-0.05, 0) is 50.4 Å². The van der Waals surface area contributed by atoms with Crippen LogP contribution in [0.15, 0.2) is 67.5 Å². The third-order valence-corrected chi connectivity index (χ3v) is 6.90. The first-order chi connectivity index (χ1) is 18.9. The zero-order chi connectivity index (χ0) is 27.5. The molecular formula is C29H30FN7O2. The van der Waals surface area contributed by atoms with Gasteiger partial charge in [-0.3, -0.25) is 9.78 Å². The van der Waals surface area contributed by atoms with Crippen LogP contribution in [0, 0.1) is 5.82 Å². The number of hydrogen-bond donors (Lipinski definition) is 2. The molecule has 0 spiro atoms. The molecule has 3 heterocycles. The average Bonchev–Trinajstić information content (AvgIpc) is 3.38. The van der Waals surface area contributed by atoms with Gasteiger partial charge in [0.25, 0.3) is 0 Å². The zero-order valence-corrected chi connectivity index (χ0v) is 22.1. The third-order valence-electron chi connectivity index (χ3n) is 6.90. The number of likely N-dealkylation sites (tertiary alicyclic amines) is 1. The van der Waals surface area contributed by atoms with E-state index in [0.29, 0.717) is 39.8 Å². The maximum atomic E-state index is 13.9. The molecule has 1 aliphatic heterocycles. The topological polar surface area (TPSA) is 95.5 Å². The van der Waals surface area contributed by atoms with E-state index in [0.717, 1.165) is 30.6 Å². The van der Waals surface area contributed by atoms with Gasteiger partial charge in [0.05, 0.1) is 29.9 Å². The molecule has 1 saturated heterocycles. The number of ether oxygens (including phenoxy) is 1. The van der Waals surface area contributed by atoms with E-state index in [1.165, 1.54) is 18.2 Å². The fourth-order valence-electron chi connectivity index (χ4n) is 4.82. The van der Waals surface area contributed by atoms with Crippen molar-refractivity contribution in [2.45, 2.75) is 12.5 Å². The molecule has 1 fully saturated rings. The Morgan fingerprint density at radius 3 is 2.79 bits per heavy atom. The molecule has 10 heteroatoms. The lowest BCUT2D eigenvalue weighted by Crippen LogP contribution is -2.34. The van der Waals surface area contributed by atoms with Crippen LogP contribution in [-0.4, -0.2) is 66.1 Å². The lowest BCUT2D eigenvalue weighted by Gasteiger charge is -2.29. The molecule has 9 nitrogen and oxygen atoms in total. The molecule has 39 heavy (non-hydrogen) atoms. The quantitative estimate of drug-likeness (QED) is 0.314. The molecule has 2 aromatic heterocycles. The minimum absolute atomic E-state index is 0.287. The van der Waals surface area contributed by atoms with Crippen molar-refractivity contribution in [2.24, 2.45) is 0 Å². The van der Waals surface area contributed by atoms with E-state index in [-0.39, 0.29) is 17.8 Å². The Labute approximate surface area is 226 Å². The Kier molecular flexibility index (Phi) is 7.38. The van der Waals surface area contributed by atoms with E-state index < -0.39 is 0 Å². The van der Waals surface area contributed by atoms with Crippen molar-refractivity contribution in [3.05, 3.63) is 73.3 Å². The van der Waals surface area contributed by atoms with Crippen LogP contribution in [0.25, 0.3) is 22.2 Å². The summed E-state index contributed by atoms with van der Waals surface area (Å²) < 4.78 is 19.7. The molecule has 0 radical (unpaired) electrons. The number of halogens is 1. The Morgan fingerprint density at radius 2 is 2.08 bits per heavy atom. The number of amides is 1. The monoisotopic (exact) mass is 527 g/mol. The van der Waals surface area contributed by atoms with E-state index in [2.05, 4.69) is 44.0 Å². The molecule has 0 saturated carbocycles. The normalized spacial score (nSPS) is 15.2. The lowest BCUT2D eigenvalue weighted by molar-refractivity contribution is -0.111. The molecule has 1 atom stereocenters. The van der Waals surface area contributed by atoms with Crippen LogP contribution in [0.2, 0.25) is 0 Å². The number of rotatable bonds is 8. The molecular weight excluding hydrogens is 497 g/mol. The molecule has 4 aromatic rings. The predicted molar refractivity (Wildman–Crippen MR) is 152 cm³/mol. The standard InChI is InChI=1S/C29H30FN7O2/c1-5-26(38)33-22-14-23(25(39-4)15-24(22)37(3)21-10-12-36(2)17-21)34-29-32-16-19-9-11-31-27(28(19)35-29)18-7-6-8-20(30)13-18/h5-9,11,13-16,21H,1,10,12,17H2,2-4H3,(H,33,38)(H,32,34,35). The van der Waals surface area contributed by atoms with Gasteiger partial charge in [-0.1, -0.05) is 18.7 Å². The number of hydrogen-bond acceptors (Lipinski definition) is 8. The second kappa shape index (κ2) is 11.0. The number of fused-ring (bicyclic) bond motifs is 1. The van der Waals surface area contributed by atoms with Gasteiger partial charge in [0.1, 0.15) is 17.1 Å². The van der Waals surface area contributed by atoms with E-state index in [9.17, 15) is 9.18 Å². The molecule has 0 bridgehead atoms. The first-order valence-corrected chi connectivity index (χ1v) is 12.6. The van der Waals surface area contributed by atoms with Crippen LogP contribution in [0.4, 0.5) is 27.4 Å². The second-order valence-electron chi connectivity index (χ2n) is 9.51. The SMILES string of the molecule is C=CC(=O)Nc1cc(Nc2ncc3ccnc(-c4cccc(F)c4)c3n2)c(OC)cc1N(C)C1CCN(C)C1. The minimum Gasteiger partial charge on any atom is -0.494 e. The highest BCUT2D eigenvalue weighted by atomic mass is 19.1. The van der Waals surface area contributed by atoms with E-state index in [1.807, 2.05) is 13.1 Å². The summed E-state index contributed by atoms with van der Waals surface area (Å²) in [5.41, 5.74) is 3.71. The van der Waals surface area contributed by atoms with Crippen molar-refractivity contribution in [2.75, 3.05) is 49.8 Å². The average molecular weight is 528 g/mol. The predicted octanol–water partition coefficient (Wildman–Crippen LogP) is 4.85. The van der Waals surface area contributed by atoms with Crippen molar-refractivity contribution >= 4 is 39.8 Å². The van der Waals surface area contributed by atoms with Crippen molar-refractivity contribution in [1.82, 2.24) is 19.9 Å². The van der Waals surface area contributed by atoms with E-state index in [4.69, 9.17) is 9.72 Å². The number of nitrogens with zero attached hydrogens (tertiary/aromatic N) is 5. The van der Waals surface area contributed by atoms with Crippen molar-refractivity contribution in [1.29, 1.82) is 0 Å². The van der Waals surface area contributed by atoms with Crippen molar-refractivity contribution in [3.8, 4) is 17.0 Å². The number of likely N-dealkylation sites (N-methyl/N-ethyl adjacent to an activating group) is 2. The summed E-state index contributed by atoms with van der Waals surface area (Å²) in [6, 6.07) is 12.0. The molecule has 2 N–H and O–H groups in total. The number of nitrogens with one attached hydrogen (secondary N) is 2. The minimum atomic E-state index is -0.355. The lowest BCUT2D eigenvalue weighted by atomic mass is 10.1. The molecule has 1 amide bonds. The molecule has 1 unspecified atom stereocenters. The number of benzene rings is 2. The highest BCUT2D eigenvalue weighted by molar-refractivity contribution is 6.02. The fraction of sp³-hybridized carbons (Fsp3) is 0.241. The van der Waals surface area contributed by atoms with Gasteiger partial charge >= 0.3 is 0 Å². The maximum absolute atomic E-state index is 13.9. The van der Waals surface area contributed by atoms with Crippen molar-refractivity contribution < 1.29 is 13.9 Å². The highest BCUT2D eigenvalue weighted by Crippen LogP contribution is 2.39. The van der Waals surface area contributed by atoms with Crippen molar-refractivity contribution in [3.63, 3.8) is 0 Å². The Hall–Kier alpha value is -4.57. The third kappa shape index (κ3) is 5.51. The Bertz CT molecular complexity index is 1540. The molecule has 2 aromatic carbocycles. The van der Waals surface area contributed by atoms with E-state index >= 15 is 0 Å². The number of anilines is 4. The highest BCUT2D eigenvalue weighted by Gasteiger charge is 2.26. The van der Waals surface area contributed by atoms with Gasteiger partial charge in [0, 0.05) is 49.0 Å². The summed E-state index contributed by atoms with van der Waals surface area (Å²) >= 11 is 0.